The van der Waals surface area contributed by atoms with E-state index in [1.807, 2.05) is 0 Å². The first-order chi connectivity index (χ1) is 8.03. The van der Waals surface area contributed by atoms with Gasteiger partial charge in [0.05, 0.1) is 17.7 Å². The van der Waals surface area contributed by atoms with Crippen molar-refractivity contribution in [2.75, 3.05) is 6.61 Å². The van der Waals surface area contributed by atoms with Crippen LogP contribution < -0.4 is 5.32 Å². The molecule has 6 heteroatoms. The van der Waals surface area contributed by atoms with Crippen molar-refractivity contribution < 1.29 is 9.90 Å². The van der Waals surface area contributed by atoms with E-state index >= 15 is 0 Å². The van der Waals surface area contributed by atoms with Crippen LogP contribution in [0.5, 0.6) is 0 Å². The maximum Gasteiger partial charge on any atom is 0.255 e. The van der Waals surface area contributed by atoms with Crippen LogP contribution in [0.4, 0.5) is 0 Å². The molecule has 0 aliphatic carbocycles. The Balaban J connectivity index is 2.34. The normalized spacial score (nSPS) is 11.7. The van der Waals surface area contributed by atoms with Crippen LogP contribution in [0.25, 0.3) is 5.65 Å². The summed E-state index contributed by atoms with van der Waals surface area (Å²) in [5, 5.41) is 15.8. The molecule has 6 nitrogen and oxygen atoms in total. The molecule has 2 N–H and O–H groups in total. The molecule has 0 aliphatic heterocycles. The zero-order chi connectivity index (χ0) is 12.5. The molecule has 0 saturated carbocycles. The Morgan fingerprint density at radius 2 is 2.35 bits per heavy atom. The van der Waals surface area contributed by atoms with E-state index in [1.165, 1.54) is 10.8 Å². The Kier molecular flexibility index (Phi) is 2.81. The van der Waals surface area contributed by atoms with Gasteiger partial charge in [-0.3, -0.25) is 4.79 Å². The summed E-state index contributed by atoms with van der Waals surface area (Å²) in [6, 6.07) is 3.40. The molecule has 0 bridgehead atoms. The third kappa shape index (κ3) is 2.26. The summed E-state index contributed by atoms with van der Waals surface area (Å²) in [6.07, 6.45) is 3.11. The maximum atomic E-state index is 12.0. The van der Waals surface area contributed by atoms with Crippen LogP contribution in [0.2, 0.25) is 0 Å². The molecule has 0 aliphatic rings. The highest BCUT2D eigenvalue weighted by molar-refractivity contribution is 6.00. The molecular formula is C11H14N4O2. The molecule has 0 spiro atoms. The van der Waals surface area contributed by atoms with Crippen LogP contribution in [-0.4, -0.2) is 37.8 Å². The van der Waals surface area contributed by atoms with E-state index in [-0.39, 0.29) is 12.5 Å². The summed E-state index contributed by atoms with van der Waals surface area (Å²) in [5.74, 6) is -0.275. The zero-order valence-corrected chi connectivity index (χ0v) is 9.71. The van der Waals surface area contributed by atoms with Crippen molar-refractivity contribution in [1.29, 1.82) is 0 Å². The lowest BCUT2D eigenvalue weighted by Crippen LogP contribution is -2.46. The molecule has 0 fully saturated rings. The molecule has 17 heavy (non-hydrogen) atoms. The molecule has 1 amide bonds. The second-order valence-corrected chi connectivity index (χ2v) is 4.45. The summed E-state index contributed by atoms with van der Waals surface area (Å²) in [6.45, 7) is 3.36. The minimum absolute atomic E-state index is 0.130. The van der Waals surface area contributed by atoms with Gasteiger partial charge in [-0.25, -0.2) is 9.50 Å². The molecule has 0 saturated heterocycles. The summed E-state index contributed by atoms with van der Waals surface area (Å²) in [7, 11) is 0. The number of amides is 1. The molecule has 2 aromatic heterocycles. The minimum atomic E-state index is -0.663. The van der Waals surface area contributed by atoms with E-state index in [9.17, 15) is 4.79 Å². The van der Waals surface area contributed by atoms with E-state index in [0.717, 1.165) is 0 Å². The molecule has 2 aromatic rings. The number of fused-ring (bicyclic) bond motifs is 1. The van der Waals surface area contributed by atoms with Crippen LogP contribution in [-0.2, 0) is 0 Å². The molecule has 0 radical (unpaired) electrons. The number of aliphatic hydroxyl groups is 1. The van der Waals surface area contributed by atoms with Crippen LogP contribution in [0.3, 0.4) is 0 Å². The first kappa shape index (κ1) is 11.5. The standard InChI is InChI=1S/C11H14N4O2/c1-11(2,6-16)14-10(17)8-4-3-5-15-9(8)12-7-13-15/h3-5,7,16H,6H2,1-2H3,(H,14,17). The summed E-state index contributed by atoms with van der Waals surface area (Å²) < 4.78 is 1.53. The van der Waals surface area contributed by atoms with Crippen molar-refractivity contribution in [2.45, 2.75) is 19.4 Å². The lowest BCUT2D eigenvalue weighted by Gasteiger charge is -2.23. The number of hydrogen-bond donors (Lipinski definition) is 2. The fraction of sp³-hybridized carbons (Fsp3) is 0.364. The maximum absolute atomic E-state index is 12.0. The lowest BCUT2D eigenvalue weighted by molar-refractivity contribution is 0.0870. The minimum Gasteiger partial charge on any atom is -0.394 e. The first-order valence-corrected chi connectivity index (χ1v) is 5.25. The molecule has 2 heterocycles. The fourth-order valence-corrected chi connectivity index (χ4v) is 1.44. The van der Waals surface area contributed by atoms with Crippen molar-refractivity contribution in [1.82, 2.24) is 19.9 Å². The number of rotatable bonds is 3. The Hall–Kier alpha value is -1.95. The van der Waals surface area contributed by atoms with Gasteiger partial charge in [-0.15, -0.1) is 0 Å². The molecular weight excluding hydrogens is 220 g/mol. The number of aromatic nitrogens is 3. The Labute approximate surface area is 98.3 Å². The Bertz CT molecular complexity index is 547. The number of nitrogens with one attached hydrogen (secondary N) is 1. The average Bonchev–Trinajstić information content (AvgIpc) is 2.76. The second kappa shape index (κ2) is 4.14. The third-order valence-electron chi connectivity index (χ3n) is 2.40. The van der Waals surface area contributed by atoms with Crippen LogP contribution in [0.15, 0.2) is 24.7 Å². The number of nitrogens with zero attached hydrogens (tertiary/aromatic N) is 3. The van der Waals surface area contributed by atoms with Gasteiger partial charge in [-0.05, 0) is 26.0 Å². The smallest absolute Gasteiger partial charge is 0.255 e. The molecule has 0 unspecified atom stereocenters. The van der Waals surface area contributed by atoms with E-state index in [1.54, 1.807) is 32.2 Å². The molecule has 2 rings (SSSR count). The third-order valence-corrected chi connectivity index (χ3v) is 2.40. The number of pyridine rings is 1. The van der Waals surface area contributed by atoms with Crippen molar-refractivity contribution in [2.24, 2.45) is 0 Å². The first-order valence-electron chi connectivity index (χ1n) is 5.25. The Morgan fingerprint density at radius 3 is 3.06 bits per heavy atom. The largest absolute Gasteiger partial charge is 0.394 e. The number of hydrogen-bond acceptors (Lipinski definition) is 4. The number of aliphatic hydroxyl groups excluding tert-OH is 1. The summed E-state index contributed by atoms with van der Waals surface area (Å²) >= 11 is 0. The SMILES string of the molecule is CC(C)(CO)NC(=O)c1cccn2ncnc12. The van der Waals surface area contributed by atoms with Crippen LogP contribution >= 0.6 is 0 Å². The van der Waals surface area contributed by atoms with Crippen LogP contribution in [0.1, 0.15) is 24.2 Å². The summed E-state index contributed by atoms with van der Waals surface area (Å²) in [5.41, 5.74) is 0.273. The van der Waals surface area contributed by atoms with Gasteiger partial charge in [0.2, 0.25) is 0 Å². The van der Waals surface area contributed by atoms with Gasteiger partial charge in [-0.1, -0.05) is 0 Å². The quantitative estimate of drug-likeness (QED) is 0.796. The fourth-order valence-electron chi connectivity index (χ4n) is 1.44. The lowest BCUT2D eigenvalue weighted by atomic mass is 10.1. The second-order valence-electron chi connectivity index (χ2n) is 4.45. The van der Waals surface area contributed by atoms with Gasteiger partial charge < -0.3 is 10.4 Å². The van der Waals surface area contributed by atoms with Gasteiger partial charge in [0.25, 0.3) is 5.91 Å². The number of carbonyl (C=O) groups is 1. The molecule has 0 atom stereocenters. The van der Waals surface area contributed by atoms with Crippen molar-refractivity contribution >= 4 is 11.6 Å². The Morgan fingerprint density at radius 1 is 1.59 bits per heavy atom. The zero-order valence-electron chi connectivity index (χ0n) is 9.71. The van der Waals surface area contributed by atoms with Crippen LogP contribution in [0, 0.1) is 0 Å². The highest BCUT2D eigenvalue weighted by atomic mass is 16.3. The van der Waals surface area contributed by atoms with Gasteiger partial charge in [-0.2, -0.15) is 5.10 Å². The topological polar surface area (TPSA) is 79.5 Å². The monoisotopic (exact) mass is 234 g/mol. The summed E-state index contributed by atoms with van der Waals surface area (Å²) in [4.78, 5) is 16.1. The van der Waals surface area contributed by atoms with E-state index < -0.39 is 5.54 Å². The van der Waals surface area contributed by atoms with Gasteiger partial charge in [0.15, 0.2) is 5.65 Å². The average molecular weight is 234 g/mol. The van der Waals surface area contributed by atoms with Crippen molar-refractivity contribution in [3.63, 3.8) is 0 Å². The van der Waals surface area contributed by atoms with Crippen molar-refractivity contribution in [3.8, 4) is 0 Å². The molecule has 0 aromatic carbocycles. The number of carbonyl (C=O) groups excluding carboxylic acids is 1. The predicted octanol–water partition coefficient (Wildman–Crippen LogP) is 0.230. The van der Waals surface area contributed by atoms with E-state index in [2.05, 4.69) is 15.4 Å². The molecule has 90 valence electrons. The highest BCUT2D eigenvalue weighted by Crippen LogP contribution is 2.09. The predicted molar refractivity (Wildman–Crippen MR) is 61.6 cm³/mol. The van der Waals surface area contributed by atoms with Gasteiger partial charge >= 0.3 is 0 Å². The van der Waals surface area contributed by atoms with Crippen molar-refractivity contribution in [3.05, 3.63) is 30.2 Å². The van der Waals surface area contributed by atoms with E-state index in [4.69, 9.17) is 5.11 Å². The van der Waals surface area contributed by atoms with E-state index in [0.29, 0.717) is 11.2 Å². The van der Waals surface area contributed by atoms with Gasteiger partial charge in [0, 0.05) is 6.20 Å². The highest BCUT2D eigenvalue weighted by Gasteiger charge is 2.21. The van der Waals surface area contributed by atoms with Gasteiger partial charge in [0.1, 0.15) is 6.33 Å².